The predicted molar refractivity (Wildman–Crippen MR) is 81.2 cm³/mol. The van der Waals surface area contributed by atoms with E-state index in [0.29, 0.717) is 16.1 Å². The van der Waals surface area contributed by atoms with Crippen LogP contribution in [0.2, 0.25) is 0 Å². The van der Waals surface area contributed by atoms with E-state index in [0.717, 1.165) is 12.1 Å². The van der Waals surface area contributed by atoms with Crippen molar-refractivity contribution in [3.8, 4) is 5.75 Å². The largest absolute Gasteiger partial charge is 0.755 e. The highest BCUT2D eigenvalue weighted by atomic mass is 32.2. The van der Waals surface area contributed by atoms with E-state index >= 15 is 0 Å². The fraction of sp³-hybridized carbons (Fsp3) is 0.154. The molecular weight excluding hydrogens is 371 g/mol. The van der Waals surface area contributed by atoms with Gasteiger partial charge in [0.25, 0.3) is 0 Å². The van der Waals surface area contributed by atoms with Gasteiger partial charge in [-0.1, -0.05) is 0 Å². The summed E-state index contributed by atoms with van der Waals surface area (Å²) in [5.41, 5.74) is -0.824. The zero-order valence-electron chi connectivity index (χ0n) is 11.6. The summed E-state index contributed by atoms with van der Waals surface area (Å²) in [6.45, 7) is 0. The van der Waals surface area contributed by atoms with Crippen LogP contribution >= 0.6 is 11.8 Å². The first-order valence-electron chi connectivity index (χ1n) is 6.20. The molecule has 0 fully saturated rings. The monoisotopic (exact) mass is 380 g/mol. The van der Waals surface area contributed by atoms with Gasteiger partial charge in [0.15, 0.2) is 0 Å². The molecule has 0 bridgehead atoms. The molecule has 0 aliphatic carbocycles. The Kier molecular flexibility index (Phi) is 5.57. The number of benzene rings is 1. The van der Waals surface area contributed by atoms with Gasteiger partial charge in [-0.3, -0.25) is 8.51 Å². The summed E-state index contributed by atoms with van der Waals surface area (Å²) in [6.07, 6.45) is -2.08. The fourth-order valence-electron chi connectivity index (χ4n) is 1.89. The summed E-state index contributed by atoms with van der Waals surface area (Å²) in [4.78, 5) is 11.3. The highest BCUT2D eigenvalue weighted by Gasteiger charge is 2.32. The second-order valence-corrected chi connectivity index (χ2v) is 6.05. The quantitative estimate of drug-likeness (QED) is 0.790. The van der Waals surface area contributed by atoms with E-state index in [-0.39, 0.29) is 5.70 Å². The molecule has 2 rings (SSSR count). The van der Waals surface area contributed by atoms with Crippen molar-refractivity contribution >= 4 is 34.7 Å². The zero-order valence-corrected chi connectivity index (χ0v) is 13.3. The summed E-state index contributed by atoms with van der Waals surface area (Å²) in [7, 11) is 0. The maximum atomic E-state index is 12.3. The molecule has 1 unspecified atom stereocenters. The molecule has 1 aliphatic heterocycles. The molecule has 0 saturated carbocycles. The Hall–Kier alpha value is -1.98. The van der Waals surface area contributed by atoms with E-state index in [1.54, 1.807) is 5.41 Å². The number of halogens is 3. The molecule has 1 atom stereocenters. The average Bonchev–Trinajstić information content (AvgIpc) is 2.46. The Balaban J connectivity index is 2.56. The van der Waals surface area contributed by atoms with Crippen LogP contribution in [0.25, 0.3) is 0 Å². The number of anilines is 1. The number of hydrogen-bond acceptors (Lipinski definition) is 5. The first-order valence-corrected chi connectivity index (χ1v) is 8.28. The summed E-state index contributed by atoms with van der Waals surface area (Å²) >= 11 is -1.59. The number of thioether (sulfide) groups is 1. The lowest BCUT2D eigenvalue weighted by molar-refractivity contribution is -0.274. The van der Waals surface area contributed by atoms with Crippen LogP contribution in [0.4, 0.5) is 18.9 Å². The first kappa shape index (κ1) is 18.4. The molecule has 6 nitrogen and oxygen atoms in total. The SMILES string of the molecule is O=C(O)c1ccc(OC(F)(F)F)cc1N(C1=CCSC=C1)S(=O)[O-]. The molecule has 0 radical (unpaired) electrons. The standard InChI is InChI=1S/C13H10F3NO5S2/c14-13(15,16)22-9-1-2-10(12(18)19)11(7-9)17(24(20)21)8-3-5-23-6-4-8/h1-5,7H,6H2,(H,18,19)(H,20,21)/p-1. The molecule has 0 spiro atoms. The highest BCUT2D eigenvalue weighted by molar-refractivity contribution is 8.02. The number of ether oxygens (including phenoxy) is 1. The molecule has 0 saturated heterocycles. The highest BCUT2D eigenvalue weighted by Crippen LogP contribution is 2.33. The number of allylic oxidation sites excluding steroid dienone is 1. The lowest BCUT2D eigenvalue weighted by Gasteiger charge is -2.29. The molecule has 130 valence electrons. The van der Waals surface area contributed by atoms with Crippen LogP contribution in [0.3, 0.4) is 0 Å². The minimum Gasteiger partial charge on any atom is -0.755 e. The van der Waals surface area contributed by atoms with Crippen LogP contribution in [0.15, 0.2) is 41.5 Å². The van der Waals surface area contributed by atoms with Crippen molar-refractivity contribution in [3.05, 3.63) is 47.0 Å². The van der Waals surface area contributed by atoms with Crippen LogP contribution in [0.1, 0.15) is 10.4 Å². The van der Waals surface area contributed by atoms with E-state index in [2.05, 4.69) is 4.74 Å². The van der Waals surface area contributed by atoms with Crippen molar-refractivity contribution in [3.63, 3.8) is 0 Å². The third-order valence-corrected chi connectivity index (χ3v) is 4.15. The van der Waals surface area contributed by atoms with Crippen LogP contribution in [-0.2, 0) is 11.3 Å². The molecule has 0 aromatic heterocycles. The number of alkyl halides is 3. The van der Waals surface area contributed by atoms with E-state index in [9.17, 15) is 31.8 Å². The van der Waals surface area contributed by atoms with Crippen molar-refractivity contribution in [2.45, 2.75) is 6.36 Å². The Bertz CT molecular complexity index is 733. The van der Waals surface area contributed by atoms with Crippen molar-refractivity contribution in [1.29, 1.82) is 0 Å². The molecular formula is C13H9F3NO5S2-. The van der Waals surface area contributed by atoms with Gasteiger partial charge >= 0.3 is 12.3 Å². The second-order valence-electron chi connectivity index (χ2n) is 4.31. The van der Waals surface area contributed by atoms with Crippen LogP contribution < -0.4 is 9.04 Å². The van der Waals surface area contributed by atoms with Gasteiger partial charge in [0.2, 0.25) is 0 Å². The van der Waals surface area contributed by atoms with E-state index in [4.69, 9.17) is 0 Å². The number of hydrogen-bond donors (Lipinski definition) is 1. The molecule has 0 amide bonds. The zero-order chi connectivity index (χ0) is 17.9. The van der Waals surface area contributed by atoms with Gasteiger partial charge in [-0.15, -0.1) is 24.9 Å². The van der Waals surface area contributed by atoms with E-state index < -0.39 is 40.6 Å². The molecule has 1 aromatic rings. The Morgan fingerprint density at radius 2 is 2.12 bits per heavy atom. The Morgan fingerprint density at radius 1 is 1.42 bits per heavy atom. The van der Waals surface area contributed by atoms with Gasteiger partial charge in [0, 0.05) is 11.8 Å². The number of rotatable bonds is 5. The van der Waals surface area contributed by atoms with Gasteiger partial charge in [-0.05, 0) is 29.7 Å². The minimum atomic E-state index is -5.00. The third-order valence-electron chi connectivity index (χ3n) is 2.76. The Morgan fingerprint density at radius 3 is 2.62 bits per heavy atom. The summed E-state index contributed by atoms with van der Waals surface area (Å²) in [5, 5.41) is 10.8. The smallest absolute Gasteiger partial charge is 0.573 e. The first-order chi connectivity index (χ1) is 11.2. The molecule has 11 heteroatoms. The molecule has 1 N–H and O–H groups in total. The van der Waals surface area contributed by atoms with Crippen LogP contribution in [0, 0.1) is 0 Å². The number of aromatic carboxylic acids is 1. The molecule has 1 aliphatic rings. The normalized spacial score (nSPS) is 15.6. The lowest BCUT2D eigenvalue weighted by Crippen LogP contribution is -2.27. The van der Waals surface area contributed by atoms with E-state index in [1.165, 1.54) is 23.9 Å². The molecule has 24 heavy (non-hydrogen) atoms. The van der Waals surface area contributed by atoms with Gasteiger partial charge < -0.3 is 14.4 Å². The lowest BCUT2D eigenvalue weighted by atomic mass is 10.1. The van der Waals surface area contributed by atoms with Gasteiger partial charge in [0.05, 0.1) is 28.2 Å². The number of carbonyl (C=O) groups is 1. The van der Waals surface area contributed by atoms with Crippen molar-refractivity contribution in [1.82, 2.24) is 0 Å². The molecule has 1 aromatic carbocycles. The van der Waals surface area contributed by atoms with Crippen molar-refractivity contribution in [2.75, 3.05) is 10.1 Å². The van der Waals surface area contributed by atoms with Gasteiger partial charge in [-0.2, -0.15) is 0 Å². The van der Waals surface area contributed by atoms with Crippen molar-refractivity contribution in [2.24, 2.45) is 0 Å². The van der Waals surface area contributed by atoms with Crippen LogP contribution in [0.5, 0.6) is 5.75 Å². The van der Waals surface area contributed by atoms with Crippen LogP contribution in [-0.4, -0.2) is 32.0 Å². The maximum Gasteiger partial charge on any atom is 0.573 e. The third kappa shape index (κ3) is 4.52. The second kappa shape index (κ2) is 7.28. The average molecular weight is 380 g/mol. The maximum absolute atomic E-state index is 12.3. The van der Waals surface area contributed by atoms with Gasteiger partial charge in [-0.25, -0.2) is 4.79 Å². The van der Waals surface area contributed by atoms with Gasteiger partial charge in [0.1, 0.15) is 5.75 Å². The fourth-order valence-corrected chi connectivity index (χ4v) is 3.12. The van der Waals surface area contributed by atoms with Crippen molar-refractivity contribution < 1.29 is 36.6 Å². The molecule has 1 heterocycles. The number of carboxylic acid groups (broad SMARTS) is 1. The summed E-state index contributed by atoms with van der Waals surface area (Å²) in [6, 6.07) is 2.36. The summed E-state index contributed by atoms with van der Waals surface area (Å²) < 4.78 is 64.5. The Labute approximate surface area is 141 Å². The number of carboxylic acids is 1. The number of nitrogens with zero attached hydrogens (tertiary/aromatic N) is 1. The topological polar surface area (TPSA) is 89.9 Å². The summed E-state index contributed by atoms with van der Waals surface area (Å²) in [5.74, 6) is -1.79. The minimum absolute atomic E-state index is 0.119. The predicted octanol–water partition coefficient (Wildman–Crippen LogP) is 3.03. The van der Waals surface area contributed by atoms with E-state index in [1.807, 2.05) is 0 Å².